The minimum atomic E-state index is 0.958. The Labute approximate surface area is 117 Å². The molecule has 0 saturated heterocycles. The van der Waals surface area contributed by atoms with Crippen molar-refractivity contribution in [3.63, 3.8) is 0 Å². The third kappa shape index (κ3) is 6.32. The van der Waals surface area contributed by atoms with Crippen molar-refractivity contribution in [2.75, 3.05) is 23.9 Å². The first-order valence-electron chi connectivity index (χ1n) is 6.09. The van der Waals surface area contributed by atoms with E-state index in [1.54, 1.807) is 0 Å². The fourth-order valence-corrected chi connectivity index (χ4v) is 2.69. The molecule has 0 unspecified atom stereocenters. The Morgan fingerprint density at radius 3 is 2.76 bits per heavy atom. The van der Waals surface area contributed by atoms with Crippen molar-refractivity contribution in [3.8, 4) is 0 Å². The van der Waals surface area contributed by atoms with E-state index in [4.69, 9.17) is 0 Å². The number of nitrogens with one attached hydrogen (secondary N) is 1. The number of pyridine rings is 1. The Balaban J connectivity index is 2.14. The number of aryl methyl sites for hydroxylation is 1. The summed E-state index contributed by atoms with van der Waals surface area (Å²) < 4.78 is 1.06. The van der Waals surface area contributed by atoms with Crippen LogP contribution in [-0.2, 0) is 0 Å². The van der Waals surface area contributed by atoms with Crippen molar-refractivity contribution < 1.29 is 0 Å². The summed E-state index contributed by atoms with van der Waals surface area (Å²) in [6.07, 6.45) is 9.26. The van der Waals surface area contributed by atoms with Gasteiger partial charge in [0.1, 0.15) is 5.82 Å². The van der Waals surface area contributed by atoms with E-state index in [-0.39, 0.29) is 0 Å². The molecule has 0 radical (unpaired) electrons. The van der Waals surface area contributed by atoms with E-state index in [2.05, 4.69) is 38.6 Å². The zero-order chi connectivity index (χ0) is 12.5. The second kappa shape index (κ2) is 8.81. The van der Waals surface area contributed by atoms with E-state index in [0.29, 0.717) is 0 Å². The molecule has 1 aromatic heterocycles. The van der Waals surface area contributed by atoms with E-state index in [1.165, 1.54) is 37.0 Å². The van der Waals surface area contributed by atoms with Crippen LogP contribution in [0.25, 0.3) is 0 Å². The second-order valence-electron chi connectivity index (χ2n) is 4.18. The van der Waals surface area contributed by atoms with Crippen LogP contribution in [-0.4, -0.2) is 23.5 Å². The van der Waals surface area contributed by atoms with E-state index in [1.807, 2.05) is 24.9 Å². The van der Waals surface area contributed by atoms with E-state index in [0.717, 1.165) is 16.8 Å². The lowest BCUT2D eigenvalue weighted by Gasteiger charge is -2.07. The Bertz CT molecular complexity index is 331. The number of hydrogen-bond donors (Lipinski definition) is 1. The first kappa shape index (κ1) is 14.8. The standard InChI is InChI=1S/C13H21BrN2S/c1-11-9-12(14)13(16-10-11)15-7-5-3-4-6-8-17-2/h9-10H,3-8H2,1-2H3,(H,15,16). The zero-order valence-corrected chi connectivity index (χ0v) is 13.0. The van der Waals surface area contributed by atoms with Gasteiger partial charge in [-0.15, -0.1) is 0 Å². The molecule has 0 spiro atoms. The van der Waals surface area contributed by atoms with Crippen LogP contribution in [0.15, 0.2) is 16.7 Å². The van der Waals surface area contributed by atoms with Crippen LogP contribution in [0.1, 0.15) is 31.2 Å². The zero-order valence-electron chi connectivity index (χ0n) is 10.6. The maximum absolute atomic E-state index is 4.36. The summed E-state index contributed by atoms with van der Waals surface area (Å²) in [6, 6.07) is 2.09. The molecule has 0 atom stereocenters. The fourth-order valence-electron chi connectivity index (χ4n) is 1.60. The highest BCUT2D eigenvalue weighted by Gasteiger charge is 2.00. The van der Waals surface area contributed by atoms with E-state index >= 15 is 0 Å². The lowest BCUT2D eigenvalue weighted by atomic mass is 10.2. The van der Waals surface area contributed by atoms with Gasteiger partial charge in [-0.2, -0.15) is 11.8 Å². The fraction of sp³-hybridized carbons (Fsp3) is 0.615. The second-order valence-corrected chi connectivity index (χ2v) is 6.02. The lowest BCUT2D eigenvalue weighted by molar-refractivity contribution is 0.688. The van der Waals surface area contributed by atoms with Gasteiger partial charge in [0.05, 0.1) is 4.47 Å². The Hall–Kier alpha value is -0.220. The molecule has 0 aliphatic carbocycles. The SMILES string of the molecule is CSCCCCCCNc1ncc(C)cc1Br. The molecule has 0 aliphatic heterocycles. The summed E-state index contributed by atoms with van der Waals surface area (Å²) in [4.78, 5) is 4.36. The van der Waals surface area contributed by atoms with Crippen LogP contribution < -0.4 is 5.32 Å². The number of halogens is 1. The predicted molar refractivity (Wildman–Crippen MR) is 82.0 cm³/mol. The maximum atomic E-state index is 4.36. The van der Waals surface area contributed by atoms with Crippen LogP contribution in [0.3, 0.4) is 0 Å². The normalized spacial score (nSPS) is 10.5. The number of anilines is 1. The van der Waals surface area contributed by atoms with Crippen molar-refractivity contribution in [1.29, 1.82) is 0 Å². The molecule has 0 bridgehead atoms. The highest BCUT2D eigenvalue weighted by Crippen LogP contribution is 2.20. The number of nitrogens with zero attached hydrogens (tertiary/aromatic N) is 1. The molecule has 4 heteroatoms. The molecule has 1 aromatic rings. The Kier molecular flexibility index (Phi) is 7.69. The van der Waals surface area contributed by atoms with Gasteiger partial charge in [0.25, 0.3) is 0 Å². The monoisotopic (exact) mass is 316 g/mol. The van der Waals surface area contributed by atoms with Gasteiger partial charge in [-0.05, 0) is 59.3 Å². The van der Waals surface area contributed by atoms with Crippen LogP contribution in [0.2, 0.25) is 0 Å². The van der Waals surface area contributed by atoms with Gasteiger partial charge in [-0.25, -0.2) is 4.98 Å². The first-order valence-corrected chi connectivity index (χ1v) is 8.27. The minimum absolute atomic E-state index is 0.958. The first-order chi connectivity index (χ1) is 8.24. The van der Waals surface area contributed by atoms with Gasteiger partial charge in [-0.1, -0.05) is 12.8 Å². The molecule has 0 fully saturated rings. The van der Waals surface area contributed by atoms with Gasteiger partial charge < -0.3 is 5.32 Å². The van der Waals surface area contributed by atoms with Crippen molar-refractivity contribution in [1.82, 2.24) is 4.98 Å². The molecule has 0 saturated carbocycles. The molecule has 17 heavy (non-hydrogen) atoms. The highest BCUT2D eigenvalue weighted by molar-refractivity contribution is 9.10. The highest BCUT2D eigenvalue weighted by atomic mass is 79.9. The van der Waals surface area contributed by atoms with Crippen LogP contribution in [0.4, 0.5) is 5.82 Å². The van der Waals surface area contributed by atoms with Gasteiger partial charge in [-0.3, -0.25) is 0 Å². The van der Waals surface area contributed by atoms with Crippen LogP contribution in [0, 0.1) is 6.92 Å². The lowest BCUT2D eigenvalue weighted by Crippen LogP contribution is -2.04. The van der Waals surface area contributed by atoms with Gasteiger partial charge in [0.2, 0.25) is 0 Å². The number of aromatic nitrogens is 1. The predicted octanol–water partition coefficient (Wildman–Crippen LogP) is 4.49. The van der Waals surface area contributed by atoms with Gasteiger partial charge >= 0.3 is 0 Å². The molecule has 1 heterocycles. The molecule has 0 amide bonds. The Morgan fingerprint density at radius 2 is 2.06 bits per heavy atom. The topological polar surface area (TPSA) is 24.9 Å². The summed E-state index contributed by atoms with van der Waals surface area (Å²) in [5, 5.41) is 3.37. The molecule has 1 N–H and O–H groups in total. The quantitative estimate of drug-likeness (QED) is 0.715. The van der Waals surface area contributed by atoms with Gasteiger partial charge in [0, 0.05) is 12.7 Å². The van der Waals surface area contributed by atoms with E-state index in [9.17, 15) is 0 Å². The van der Waals surface area contributed by atoms with Crippen molar-refractivity contribution in [3.05, 3.63) is 22.3 Å². The number of rotatable bonds is 8. The smallest absolute Gasteiger partial charge is 0.140 e. The minimum Gasteiger partial charge on any atom is -0.369 e. The maximum Gasteiger partial charge on any atom is 0.140 e. The van der Waals surface area contributed by atoms with Crippen molar-refractivity contribution in [2.45, 2.75) is 32.6 Å². The summed E-state index contributed by atoms with van der Waals surface area (Å²) in [7, 11) is 0. The molecule has 2 nitrogen and oxygen atoms in total. The molecule has 1 rings (SSSR count). The molecule has 0 aromatic carbocycles. The average molecular weight is 317 g/mol. The van der Waals surface area contributed by atoms with Crippen LogP contribution in [0.5, 0.6) is 0 Å². The van der Waals surface area contributed by atoms with Crippen molar-refractivity contribution >= 4 is 33.5 Å². The number of thioether (sulfide) groups is 1. The third-order valence-electron chi connectivity index (χ3n) is 2.55. The summed E-state index contributed by atoms with van der Waals surface area (Å²) in [6.45, 7) is 3.06. The average Bonchev–Trinajstić information content (AvgIpc) is 2.30. The molecule has 0 aliphatic rings. The third-order valence-corrected chi connectivity index (χ3v) is 3.85. The molecular weight excluding hydrogens is 296 g/mol. The van der Waals surface area contributed by atoms with E-state index < -0.39 is 0 Å². The number of hydrogen-bond acceptors (Lipinski definition) is 3. The van der Waals surface area contributed by atoms with Crippen molar-refractivity contribution in [2.24, 2.45) is 0 Å². The molecular formula is C13H21BrN2S. The largest absolute Gasteiger partial charge is 0.369 e. The Morgan fingerprint density at radius 1 is 1.29 bits per heavy atom. The summed E-state index contributed by atoms with van der Waals surface area (Å²) in [5.41, 5.74) is 1.18. The summed E-state index contributed by atoms with van der Waals surface area (Å²) >= 11 is 5.46. The van der Waals surface area contributed by atoms with Crippen LogP contribution >= 0.6 is 27.7 Å². The summed E-state index contributed by atoms with van der Waals surface area (Å²) in [5.74, 6) is 2.25. The number of unbranched alkanes of at least 4 members (excludes halogenated alkanes) is 3. The van der Waals surface area contributed by atoms with Gasteiger partial charge in [0.15, 0.2) is 0 Å². The molecule has 96 valence electrons.